The van der Waals surface area contributed by atoms with Gasteiger partial charge in [0.1, 0.15) is 11.5 Å². The molecule has 2 aliphatic heterocycles. The number of aromatic carboxylic acids is 2. The lowest BCUT2D eigenvalue weighted by atomic mass is 9.79. The smallest absolute Gasteiger partial charge is 0.335 e. The fourth-order valence-electron chi connectivity index (χ4n) is 3.78. The molecule has 0 radical (unpaired) electrons. The number of hydrogen-bond acceptors (Lipinski definition) is 4. The third-order valence-corrected chi connectivity index (χ3v) is 6.52. The van der Waals surface area contributed by atoms with Gasteiger partial charge in [-0.1, -0.05) is 27.7 Å². The molecule has 0 aliphatic carbocycles. The van der Waals surface area contributed by atoms with Gasteiger partial charge in [0.2, 0.25) is 0 Å². The fraction of sp³-hybridized carbons (Fsp3) is 0.417. The van der Waals surface area contributed by atoms with Crippen LogP contribution in [0.25, 0.3) is 0 Å². The Balaban J connectivity index is 0.000000176. The normalized spacial score (nSPS) is 17.6. The highest BCUT2D eigenvalue weighted by atomic mass is 79.9. The molecule has 0 bridgehead atoms. The highest BCUT2D eigenvalue weighted by molar-refractivity contribution is 9.10. The average Bonchev–Trinajstić information content (AvgIpc) is 2.68. The van der Waals surface area contributed by atoms with Crippen molar-refractivity contribution in [2.45, 2.75) is 51.4 Å². The second-order valence-electron chi connectivity index (χ2n) is 9.12. The van der Waals surface area contributed by atoms with E-state index in [4.69, 9.17) is 19.7 Å². The van der Waals surface area contributed by atoms with E-state index >= 15 is 0 Å². The molecule has 2 heterocycles. The molecule has 0 amide bonds. The summed E-state index contributed by atoms with van der Waals surface area (Å²) in [7, 11) is 0. The van der Waals surface area contributed by atoms with Crippen molar-refractivity contribution < 1.29 is 29.3 Å². The Kier molecular flexibility index (Phi) is 6.37. The van der Waals surface area contributed by atoms with Crippen molar-refractivity contribution in [3.63, 3.8) is 0 Å². The predicted molar refractivity (Wildman–Crippen MR) is 121 cm³/mol. The van der Waals surface area contributed by atoms with E-state index in [1.807, 2.05) is 0 Å². The van der Waals surface area contributed by atoms with Crippen molar-refractivity contribution in [1.82, 2.24) is 0 Å². The third kappa shape index (κ3) is 4.87. The third-order valence-electron chi connectivity index (χ3n) is 5.93. The lowest BCUT2D eigenvalue weighted by Gasteiger charge is -2.33. The Morgan fingerprint density at radius 1 is 0.839 bits per heavy atom. The van der Waals surface area contributed by atoms with Gasteiger partial charge in [-0.3, -0.25) is 0 Å². The number of rotatable bonds is 2. The molecule has 2 aromatic carbocycles. The van der Waals surface area contributed by atoms with E-state index in [0.717, 1.165) is 39.9 Å². The topological polar surface area (TPSA) is 93.1 Å². The minimum Gasteiger partial charge on any atom is -0.493 e. The van der Waals surface area contributed by atoms with Gasteiger partial charge in [-0.15, -0.1) is 0 Å². The Labute approximate surface area is 190 Å². The van der Waals surface area contributed by atoms with Crippen LogP contribution in [0, 0.1) is 0 Å². The van der Waals surface area contributed by atoms with Gasteiger partial charge in [-0.05, 0) is 69.9 Å². The number of carbonyl (C=O) groups is 2. The van der Waals surface area contributed by atoms with Crippen LogP contribution in [0.1, 0.15) is 72.4 Å². The molecule has 0 spiro atoms. The summed E-state index contributed by atoms with van der Waals surface area (Å²) < 4.78 is 11.8. The first kappa shape index (κ1) is 23.1. The van der Waals surface area contributed by atoms with E-state index in [-0.39, 0.29) is 10.8 Å². The molecule has 4 rings (SSSR count). The molecule has 0 aromatic heterocycles. The van der Waals surface area contributed by atoms with E-state index in [1.54, 1.807) is 30.3 Å². The maximum absolute atomic E-state index is 11.0. The highest BCUT2D eigenvalue weighted by Crippen LogP contribution is 2.43. The summed E-state index contributed by atoms with van der Waals surface area (Å²) in [6, 6.07) is 8.35. The molecule has 166 valence electrons. The fourth-order valence-corrected chi connectivity index (χ4v) is 4.35. The lowest BCUT2D eigenvalue weighted by Crippen LogP contribution is -2.27. The summed E-state index contributed by atoms with van der Waals surface area (Å²) in [6.45, 7) is 9.80. The van der Waals surface area contributed by atoms with Gasteiger partial charge in [0, 0.05) is 11.1 Å². The van der Waals surface area contributed by atoms with Crippen LogP contribution in [0.4, 0.5) is 0 Å². The number of benzene rings is 2. The zero-order valence-electron chi connectivity index (χ0n) is 18.1. The van der Waals surface area contributed by atoms with Gasteiger partial charge >= 0.3 is 11.9 Å². The second-order valence-corrected chi connectivity index (χ2v) is 9.98. The summed E-state index contributed by atoms with van der Waals surface area (Å²) in [6.07, 6.45) is 1.82. The Morgan fingerprint density at radius 2 is 1.39 bits per heavy atom. The Bertz CT molecular complexity index is 1020. The number of carboxylic acids is 2. The molecule has 31 heavy (non-hydrogen) atoms. The monoisotopic (exact) mass is 490 g/mol. The summed E-state index contributed by atoms with van der Waals surface area (Å²) in [5, 5.41) is 17.9. The first-order valence-electron chi connectivity index (χ1n) is 10.1. The van der Waals surface area contributed by atoms with E-state index in [2.05, 4.69) is 43.6 Å². The van der Waals surface area contributed by atoms with E-state index in [9.17, 15) is 9.59 Å². The molecule has 6 nitrogen and oxygen atoms in total. The van der Waals surface area contributed by atoms with E-state index < -0.39 is 11.9 Å². The maximum Gasteiger partial charge on any atom is 0.335 e. The molecule has 0 unspecified atom stereocenters. The first-order valence-corrected chi connectivity index (χ1v) is 10.9. The summed E-state index contributed by atoms with van der Waals surface area (Å²) in [5.41, 5.74) is 2.54. The van der Waals surface area contributed by atoms with Crippen molar-refractivity contribution in [2.24, 2.45) is 0 Å². The standard InChI is InChI=1S/C12H13BrO3.C12H14O3/c1-12(2)3-4-16-10-8(12)5-7(11(14)15)6-9(10)13;1-12(2)5-6-15-10-4-3-8(11(13)14)7-9(10)12/h5-6H,3-4H2,1-2H3,(H,14,15);3-4,7H,5-6H2,1-2H3,(H,13,14). The number of halogens is 1. The minimum absolute atomic E-state index is 0.000949. The summed E-state index contributed by atoms with van der Waals surface area (Å²) in [5.74, 6) is -0.207. The van der Waals surface area contributed by atoms with Gasteiger partial charge in [-0.2, -0.15) is 0 Å². The molecule has 0 saturated heterocycles. The number of hydrogen-bond donors (Lipinski definition) is 2. The van der Waals surface area contributed by atoms with Gasteiger partial charge in [0.15, 0.2) is 0 Å². The van der Waals surface area contributed by atoms with Crippen molar-refractivity contribution in [3.05, 3.63) is 57.1 Å². The van der Waals surface area contributed by atoms with Gasteiger partial charge in [0.25, 0.3) is 0 Å². The zero-order chi connectivity index (χ0) is 23.0. The van der Waals surface area contributed by atoms with Gasteiger partial charge in [0.05, 0.1) is 28.8 Å². The predicted octanol–water partition coefficient (Wildman–Crippen LogP) is 5.65. The van der Waals surface area contributed by atoms with Crippen molar-refractivity contribution in [2.75, 3.05) is 13.2 Å². The zero-order valence-corrected chi connectivity index (χ0v) is 19.7. The molecular weight excluding hydrogens is 464 g/mol. The molecule has 2 aliphatic rings. The molecular formula is C24H27BrO6. The molecule has 2 aromatic rings. The van der Waals surface area contributed by atoms with Crippen LogP contribution < -0.4 is 9.47 Å². The second kappa shape index (κ2) is 8.54. The maximum atomic E-state index is 11.0. The Morgan fingerprint density at radius 3 is 2.00 bits per heavy atom. The van der Waals surface area contributed by atoms with Crippen LogP contribution in [0.3, 0.4) is 0 Å². The van der Waals surface area contributed by atoms with Crippen LogP contribution in [-0.2, 0) is 10.8 Å². The first-order chi connectivity index (χ1) is 14.4. The quantitative estimate of drug-likeness (QED) is 0.564. The van der Waals surface area contributed by atoms with Crippen molar-refractivity contribution in [3.8, 4) is 11.5 Å². The SMILES string of the molecule is CC1(C)CCOc2c(Br)cc(C(=O)O)cc21.CC1(C)CCOc2ccc(C(=O)O)cc21. The van der Waals surface area contributed by atoms with Crippen LogP contribution >= 0.6 is 15.9 Å². The number of ether oxygens (including phenoxy) is 2. The van der Waals surface area contributed by atoms with Gasteiger partial charge in [-0.25, -0.2) is 9.59 Å². The van der Waals surface area contributed by atoms with E-state index in [0.29, 0.717) is 24.3 Å². The largest absolute Gasteiger partial charge is 0.493 e. The molecule has 0 fully saturated rings. The minimum atomic E-state index is -0.912. The number of fused-ring (bicyclic) bond motifs is 2. The molecule has 0 atom stereocenters. The van der Waals surface area contributed by atoms with Crippen LogP contribution in [0.15, 0.2) is 34.8 Å². The van der Waals surface area contributed by atoms with E-state index in [1.165, 1.54) is 0 Å². The van der Waals surface area contributed by atoms with Gasteiger partial charge < -0.3 is 19.7 Å². The molecule has 0 saturated carbocycles. The molecule has 7 heteroatoms. The van der Waals surface area contributed by atoms with Crippen LogP contribution in [-0.4, -0.2) is 35.4 Å². The van der Waals surface area contributed by atoms with Crippen molar-refractivity contribution >= 4 is 27.9 Å². The lowest BCUT2D eigenvalue weighted by molar-refractivity contribution is 0.0685. The number of carboxylic acid groups (broad SMARTS) is 2. The van der Waals surface area contributed by atoms with Crippen molar-refractivity contribution in [1.29, 1.82) is 0 Å². The Hall–Kier alpha value is -2.54. The highest BCUT2D eigenvalue weighted by Gasteiger charge is 2.31. The van der Waals surface area contributed by atoms with Crippen LogP contribution in [0.5, 0.6) is 11.5 Å². The summed E-state index contributed by atoms with van der Waals surface area (Å²) >= 11 is 3.36. The molecule has 2 N–H and O–H groups in total. The average molecular weight is 491 g/mol. The summed E-state index contributed by atoms with van der Waals surface area (Å²) in [4.78, 5) is 21.8. The van der Waals surface area contributed by atoms with Crippen LogP contribution in [0.2, 0.25) is 0 Å².